The number of rotatable bonds is 6. The van der Waals surface area contributed by atoms with Crippen molar-refractivity contribution in [2.75, 3.05) is 31.1 Å². The summed E-state index contributed by atoms with van der Waals surface area (Å²) in [5, 5.41) is 6.42. The Bertz CT molecular complexity index is 438. The molecular formula is C17H27N3O. The minimum atomic E-state index is 0.0359. The Kier molecular flexibility index (Phi) is 6.05. The average molecular weight is 289 g/mol. The number of carbonyl (C=O) groups is 1. The Balaban J connectivity index is 1.95. The maximum Gasteiger partial charge on any atom is 0.251 e. The molecule has 116 valence electrons. The lowest BCUT2D eigenvalue weighted by molar-refractivity contribution is 0.0930. The first-order valence-electron chi connectivity index (χ1n) is 8.11. The molecule has 1 aliphatic rings. The third-order valence-electron chi connectivity index (χ3n) is 4.00. The summed E-state index contributed by atoms with van der Waals surface area (Å²) in [5.74, 6) is 0.0359. The molecule has 2 rings (SSSR count). The zero-order valence-corrected chi connectivity index (χ0v) is 13.2. The van der Waals surface area contributed by atoms with E-state index in [4.69, 9.17) is 0 Å². The average Bonchev–Trinajstić information content (AvgIpc) is 2.54. The minimum absolute atomic E-state index is 0.0359. The number of hydrogen-bond acceptors (Lipinski definition) is 3. The topological polar surface area (TPSA) is 44.4 Å². The van der Waals surface area contributed by atoms with Gasteiger partial charge >= 0.3 is 0 Å². The maximum atomic E-state index is 12.2. The fourth-order valence-electron chi connectivity index (χ4n) is 2.81. The molecule has 4 heteroatoms. The van der Waals surface area contributed by atoms with E-state index in [-0.39, 0.29) is 11.9 Å². The van der Waals surface area contributed by atoms with Crippen LogP contribution in [-0.4, -0.2) is 38.1 Å². The number of benzene rings is 1. The van der Waals surface area contributed by atoms with Crippen LogP contribution in [0.15, 0.2) is 24.3 Å². The first kappa shape index (κ1) is 15.8. The van der Waals surface area contributed by atoms with Crippen LogP contribution in [0.2, 0.25) is 0 Å². The van der Waals surface area contributed by atoms with E-state index in [0.29, 0.717) is 0 Å². The van der Waals surface area contributed by atoms with Crippen molar-refractivity contribution >= 4 is 11.6 Å². The molecule has 4 nitrogen and oxygen atoms in total. The largest absolute Gasteiger partial charge is 0.372 e. The summed E-state index contributed by atoms with van der Waals surface area (Å²) in [6.45, 7) is 8.33. The van der Waals surface area contributed by atoms with Gasteiger partial charge in [0.15, 0.2) is 0 Å². The third kappa shape index (κ3) is 4.46. The molecule has 1 aromatic rings. The molecule has 1 aromatic carbocycles. The lowest BCUT2D eigenvalue weighted by Crippen LogP contribution is -2.45. The normalized spacial score (nSPS) is 18.3. The summed E-state index contributed by atoms with van der Waals surface area (Å²) in [5.41, 5.74) is 1.94. The number of hydrogen-bond donors (Lipinski definition) is 2. The molecule has 0 bridgehead atoms. The Labute approximate surface area is 127 Å². The second kappa shape index (κ2) is 8.03. The van der Waals surface area contributed by atoms with Crippen LogP contribution in [-0.2, 0) is 0 Å². The van der Waals surface area contributed by atoms with Crippen molar-refractivity contribution in [3.63, 3.8) is 0 Å². The first-order chi connectivity index (χ1) is 10.2. The van der Waals surface area contributed by atoms with Gasteiger partial charge in [0.1, 0.15) is 0 Å². The Morgan fingerprint density at radius 1 is 1.33 bits per heavy atom. The Morgan fingerprint density at radius 3 is 2.67 bits per heavy atom. The van der Waals surface area contributed by atoms with Gasteiger partial charge in [-0.25, -0.2) is 0 Å². The number of piperidine rings is 1. The van der Waals surface area contributed by atoms with E-state index < -0.39 is 0 Å². The van der Waals surface area contributed by atoms with E-state index in [0.717, 1.165) is 51.0 Å². The Morgan fingerprint density at radius 2 is 2.10 bits per heavy atom. The summed E-state index contributed by atoms with van der Waals surface area (Å²) < 4.78 is 0. The second-order valence-corrected chi connectivity index (χ2v) is 5.64. The van der Waals surface area contributed by atoms with Crippen LogP contribution >= 0.6 is 0 Å². The SMILES string of the molecule is CCCN(CC)c1ccc(C(=O)NC2CCCNC2)cc1. The highest BCUT2D eigenvalue weighted by molar-refractivity contribution is 5.94. The number of nitrogens with one attached hydrogen (secondary N) is 2. The standard InChI is InChI=1S/C17H27N3O/c1-3-12-20(4-2)16-9-7-14(8-10-16)17(21)19-15-6-5-11-18-13-15/h7-10,15,18H,3-6,11-13H2,1-2H3,(H,19,21). The van der Waals surface area contributed by atoms with Crippen LogP contribution in [0.5, 0.6) is 0 Å². The van der Waals surface area contributed by atoms with Crippen molar-refractivity contribution < 1.29 is 4.79 Å². The first-order valence-corrected chi connectivity index (χ1v) is 8.11. The molecule has 1 heterocycles. The number of anilines is 1. The molecule has 0 aromatic heterocycles. The summed E-state index contributed by atoms with van der Waals surface area (Å²) in [6.07, 6.45) is 3.33. The van der Waals surface area contributed by atoms with Crippen molar-refractivity contribution in [1.82, 2.24) is 10.6 Å². The molecule has 2 N–H and O–H groups in total. The van der Waals surface area contributed by atoms with Crippen molar-refractivity contribution in [2.45, 2.75) is 39.2 Å². The maximum absolute atomic E-state index is 12.2. The molecule has 1 unspecified atom stereocenters. The predicted molar refractivity (Wildman–Crippen MR) is 88.0 cm³/mol. The highest BCUT2D eigenvalue weighted by Gasteiger charge is 2.16. The summed E-state index contributed by atoms with van der Waals surface area (Å²) in [7, 11) is 0. The van der Waals surface area contributed by atoms with Crippen LogP contribution < -0.4 is 15.5 Å². The molecule has 1 atom stereocenters. The number of nitrogens with zero attached hydrogens (tertiary/aromatic N) is 1. The van der Waals surface area contributed by atoms with E-state index in [1.54, 1.807) is 0 Å². The van der Waals surface area contributed by atoms with Crippen LogP contribution in [0.3, 0.4) is 0 Å². The van der Waals surface area contributed by atoms with Crippen LogP contribution in [0.4, 0.5) is 5.69 Å². The van der Waals surface area contributed by atoms with Crippen LogP contribution in [0.1, 0.15) is 43.5 Å². The molecule has 1 fully saturated rings. The van der Waals surface area contributed by atoms with Gasteiger partial charge in [-0.05, 0) is 57.0 Å². The van der Waals surface area contributed by atoms with Gasteiger partial charge in [0.25, 0.3) is 5.91 Å². The van der Waals surface area contributed by atoms with Crippen molar-refractivity contribution in [1.29, 1.82) is 0 Å². The number of carbonyl (C=O) groups excluding carboxylic acids is 1. The van der Waals surface area contributed by atoms with Gasteiger partial charge < -0.3 is 15.5 Å². The summed E-state index contributed by atoms with van der Waals surface area (Å²) in [6, 6.07) is 8.22. The van der Waals surface area contributed by atoms with Gasteiger partial charge in [-0.1, -0.05) is 6.92 Å². The quantitative estimate of drug-likeness (QED) is 0.845. The second-order valence-electron chi connectivity index (χ2n) is 5.64. The van der Waals surface area contributed by atoms with Gasteiger partial charge in [-0.3, -0.25) is 4.79 Å². The lowest BCUT2D eigenvalue weighted by atomic mass is 10.1. The van der Waals surface area contributed by atoms with Crippen LogP contribution in [0, 0.1) is 0 Å². The summed E-state index contributed by atoms with van der Waals surface area (Å²) in [4.78, 5) is 14.6. The highest BCUT2D eigenvalue weighted by Crippen LogP contribution is 2.16. The van der Waals surface area contributed by atoms with E-state index in [2.05, 4.69) is 29.4 Å². The van der Waals surface area contributed by atoms with Gasteiger partial charge in [0.2, 0.25) is 0 Å². The molecule has 1 saturated heterocycles. The minimum Gasteiger partial charge on any atom is -0.372 e. The van der Waals surface area contributed by atoms with E-state index in [9.17, 15) is 4.79 Å². The van der Waals surface area contributed by atoms with Gasteiger partial charge in [-0.15, -0.1) is 0 Å². The van der Waals surface area contributed by atoms with Gasteiger partial charge in [-0.2, -0.15) is 0 Å². The van der Waals surface area contributed by atoms with Crippen LogP contribution in [0.25, 0.3) is 0 Å². The summed E-state index contributed by atoms with van der Waals surface area (Å²) >= 11 is 0. The highest BCUT2D eigenvalue weighted by atomic mass is 16.1. The molecule has 21 heavy (non-hydrogen) atoms. The third-order valence-corrected chi connectivity index (χ3v) is 4.00. The van der Waals surface area contributed by atoms with E-state index in [1.165, 1.54) is 5.69 Å². The van der Waals surface area contributed by atoms with Crippen molar-refractivity contribution in [3.05, 3.63) is 29.8 Å². The monoisotopic (exact) mass is 289 g/mol. The molecular weight excluding hydrogens is 262 g/mol. The van der Waals surface area contributed by atoms with Crippen molar-refractivity contribution in [3.8, 4) is 0 Å². The zero-order valence-electron chi connectivity index (χ0n) is 13.2. The fourth-order valence-corrected chi connectivity index (χ4v) is 2.81. The molecule has 0 aliphatic carbocycles. The van der Waals surface area contributed by atoms with Gasteiger partial charge in [0.05, 0.1) is 0 Å². The van der Waals surface area contributed by atoms with E-state index >= 15 is 0 Å². The molecule has 1 amide bonds. The van der Waals surface area contributed by atoms with Crippen molar-refractivity contribution in [2.24, 2.45) is 0 Å². The lowest BCUT2D eigenvalue weighted by Gasteiger charge is -2.24. The molecule has 0 radical (unpaired) electrons. The molecule has 1 aliphatic heterocycles. The van der Waals surface area contributed by atoms with E-state index in [1.807, 2.05) is 24.3 Å². The van der Waals surface area contributed by atoms with Gasteiger partial charge in [0, 0.05) is 36.9 Å². The molecule has 0 spiro atoms. The fraction of sp³-hybridized carbons (Fsp3) is 0.588. The smallest absolute Gasteiger partial charge is 0.251 e. The molecule has 0 saturated carbocycles. The Hall–Kier alpha value is -1.55. The predicted octanol–water partition coefficient (Wildman–Crippen LogP) is 2.40. The zero-order chi connectivity index (χ0) is 15.1. The number of amides is 1.